The first-order chi connectivity index (χ1) is 15.4. The number of nitrogens with one attached hydrogen (secondary N) is 1. The fourth-order valence-corrected chi connectivity index (χ4v) is 5.92. The number of hydrogen-bond acceptors (Lipinski definition) is 4. The maximum Gasteiger partial charge on any atom is 0.187 e. The highest BCUT2D eigenvalue weighted by atomic mass is 32.1. The number of allylic oxidation sites excluding steroid dienone is 2. The summed E-state index contributed by atoms with van der Waals surface area (Å²) in [6.07, 6.45) is 8.85. The lowest BCUT2D eigenvalue weighted by atomic mass is 9.87. The van der Waals surface area contributed by atoms with Crippen LogP contribution in [0.2, 0.25) is 0 Å². The van der Waals surface area contributed by atoms with Crippen molar-refractivity contribution in [2.24, 2.45) is 5.92 Å². The smallest absolute Gasteiger partial charge is 0.187 e. The van der Waals surface area contributed by atoms with Crippen molar-refractivity contribution in [1.82, 2.24) is 4.98 Å². The second-order valence-electron chi connectivity index (χ2n) is 8.78. The second-order valence-corrected chi connectivity index (χ2v) is 10.9. The molecule has 1 aromatic heterocycles. The van der Waals surface area contributed by atoms with Gasteiger partial charge < -0.3 is 10.1 Å². The van der Waals surface area contributed by atoms with Gasteiger partial charge in [0.2, 0.25) is 0 Å². The summed E-state index contributed by atoms with van der Waals surface area (Å²) in [5.41, 5.74) is 4.80. The Bertz CT molecular complexity index is 872. The number of aromatic nitrogens is 1. The minimum absolute atomic E-state index is 0.598. The van der Waals surface area contributed by atoms with Gasteiger partial charge in [-0.2, -0.15) is 0 Å². The number of anilines is 1. The molecule has 1 aliphatic carbocycles. The standard InChI is InChI=1S/C19H29OP.C8H12N2S/c1-5-16(11-14(2)3)17-9-10-18(20-4)19(12-17)21-13-15-7-6-8-15;1-4-6(2)9-8-10-7(3)5-11-8/h9-10,12,15-16,21H,2,5-8,11,13H2,1,3-4H3;5H,2,4H2,1,3H3,(H,9,10). The van der Waals surface area contributed by atoms with Crippen LogP contribution in [-0.4, -0.2) is 18.3 Å². The maximum absolute atomic E-state index is 5.57. The van der Waals surface area contributed by atoms with E-state index in [1.54, 1.807) is 18.4 Å². The molecule has 176 valence electrons. The van der Waals surface area contributed by atoms with Gasteiger partial charge in [-0.15, -0.1) is 17.9 Å². The van der Waals surface area contributed by atoms with E-state index in [9.17, 15) is 0 Å². The fraction of sp³-hybridized carbons (Fsp3) is 0.519. The van der Waals surface area contributed by atoms with E-state index in [0.29, 0.717) is 5.92 Å². The first kappa shape index (κ1) is 26.6. The number of methoxy groups -OCH3 is 1. The van der Waals surface area contributed by atoms with Gasteiger partial charge in [-0.05, 0) is 68.8 Å². The van der Waals surface area contributed by atoms with Crippen LogP contribution < -0.4 is 15.4 Å². The van der Waals surface area contributed by atoms with Gasteiger partial charge in [0.1, 0.15) is 5.75 Å². The quantitative estimate of drug-likeness (QED) is 0.265. The Hall–Kier alpha value is -1.64. The minimum atomic E-state index is 0.598. The third-order valence-corrected chi connectivity index (χ3v) is 8.35. The summed E-state index contributed by atoms with van der Waals surface area (Å²) in [4.78, 5) is 4.25. The zero-order valence-electron chi connectivity index (χ0n) is 20.6. The molecule has 1 aromatic carbocycles. The summed E-state index contributed by atoms with van der Waals surface area (Å²) in [7, 11) is 2.68. The number of hydrogen-bond donors (Lipinski definition) is 1. The molecule has 5 heteroatoms. The third kappa shape index (κ3) is 8.71. The lowest BCUT2D eigenvalue weighted by Crippen LogP contribution is -2.15. The summed E-state index contributed by atoms with van der Waals surface area (Å²) >= 11 is 1.61. The van der Waals surface area contributed by atoms with E-state index in [4.69, 9.17) is 4.74 Å². The highest BCUT2D eigenvalue weighted by molar-refractivity contribution is 7.47. The van der Waals surface area contributed by atoms with Crippen molar-refractivity contribution in [2.45, 2.75) is 72.1 Å². The maximum atomic E-state index is 5.57. The molecule has 0 radical (unpaired) electrons. The van der Waals surface area contributed by atoms with Crippen LogP contribution in [0.3, 0.4) is 0 Å². The molecule has 0 aliphatic heterocycles. The molecule has 2 aromatic rings. The van der Waals surface area contributed by atoms with Crippen LogP contribution in [0, 0.1) is 12.8 Å². The van der Waals surface area contributed by atoms with Crippen molar-refractivity contribution >= 4 is 30.4 Å². The van der Waals surface area contributed by atoms with Gasteiger partial charge in [0.25, 0.3) is 0 Å². The first-order valence-electron chi connectivity index (χ1n) is 11.8. The number of ether oxygens (including phenoxy) is 1. The molecule has 3 rings (SSSR count). The normalized spacial score (nSPS) is 14.4. The van der Waals surface area contributed by atoms with E-state index < -0.39 is 0 Å². The predicted molar refractivity (Wildman–Crippen MR) is 146 cm³/mol. The van der Waals surface area contributed by atoms with Gasteiger partial charge in [0, 0.05) is 16.4 Å². The summed E-state index contributed by atoms with van der Waals surface area (Å²) in [5, 5.41) is 7.50. The number of benzene rings is 1. The minimum Gasteiger partial charge on any atom is -0.496 e. The average Bonchev–Trinajstić information content (AvgIpc) is 3.15. The van der Waals surface area contributed by atoms with Gasteiger partial charge in [0.05, 0.1) is 12.8 Å². The van der Waals surface area contributed by atoms with Crippen LogP contribution in [0.25, 0.3) is 0 Å². The summed E-state index contributed by atoms with van der Waals surface area (Å²) in [5.74, 6) is 2.64. The Morgan fingerprint density at radius 2 is 2.06 bits per heavy atom. The number of nitrogens with zero attached hydrogens (tertiary/aromatic N) is 1. The molecular formula is C27H41N2OPS. The van der Waals surface area contributed by atoms with Gasteiger partial charge in [-0.3, -0.25) is 0 Å². The van der Waals surface area contributed by atoms with Crippen molar-refractivity contribution in [3.8, 4) is 5.75 Å². The van der Waals surface area contributed by atoms with Crippen LogP contribution in [0.15, 0.2) is 48.0 Å². The Morgan fingerprint density at radius 3 is 2.56 bits per heavy atom. The Morgan fingerprint density at radius 1 is 1.31 bits per heavy atom. The second kappa shape index (κ2) is 13.8. The molecule has 1 N–H and O–H groups in total. The van der Waals surface area contributed by atoms with Gasteiger partial charge in [0.15, 0.2) is 5.13 Å². The zero-order chi connectivity index (χ0) is 23.5. The molecule has 1 heterocycles. The van der Waals surface area contributed by atoms with E-state index in [1.165, 1.54) is 48.3 Å². The monoisotopic (exact) mass is 472 g/mol. The molecule has 2 unspecified atom stereocenters. The highest BCUT2D eigenvalue weighted by Crippen LogP contribution is 2.34. The molecule has 1 aliphatic rings. The molecule has 1 saturated carbocycles. The third-order valence-electron chi connectivity index (χ3n) is 5.92. The molecular weight excluding hydrogens is 431 g/mol. The molecule has 2 atom stereocenters. The van der Waals surface area contributed by atoms with E-state index in [1.807, 2.05) is 12.3 Å². The van der Waals surface area contributed by atoms with E-state index >= 15 is 0 Å². The molecule has 0 amide bonds. The van der Waals surface area contributed by atoms with Crippen molar-refractivity contribution in [3.05, 3.63) is 59.3 Å². The predicted octanol–water partition coefficient (Wildman–Crippen LogP) is 8.05. The molecule has 0 bridgehead atoms. The van der Waals surface area contributed by atoms with Gasteiger partial charge in [-0.1, -0.05) is 59.9 Å². The molecule has 0 spiro atoms. The summed E-state index contributed by atoms with van der Waals surface area (Å²) < 4.78 is 5.57. The summed E-state index contributed by atoms with van der Waals surface area (Å²) in [6, 6.07) is 6.81. The SMILES string of the molecule is C=C(C)CC(CC)c1ccc(OC)c(PCC2CCC2)c1.C=C(CC)Nc1nc(C)cs1. The number of aryl methyl sites for hydroxylation is 1. The Kier molecular flexibility index (Phi) is 11.5. The van der Waals surface area contributed by atoms with Crippen LogP contribution in [0.1, 0.15) is 76.5 Å². The Labute approximate surface area is 201 Å². The van der Waals surface area contributed by atoms with Crippen molar-refractivity contribution in [1.29, 1.82) is 0 Å². The van der Waals surface area contributed by atoms with Crippen LogP contribution >= 0.6 is 19.9 Å². The average molecular weight is 473 g/mol. The highest BCUT2D eigenvalue weighted by Gasteiger charge is 2.18. The van der Waals surface area contributed by atoms with Crippen molar-refractivity contribution in [2.75, 3.05) is 18.6 Å². The topological polar surface area (TPSA) is 34.1 Å². The number of thiazole rings is 1. The molecule has 1 fully saturated rings. The van der Waals surface area contributed by atoms with E-state index in [-0.39, 0.29) is 0 Å². The van der Waals surface area contributed by atoms with Crippen molar-refractivity contribution in [3.63, 3.8) is 0 Å². The lowest BCUT2D eigenvalue weighted by Gasteiger charge is -2.25. The molecule has 32 heavy (non-hydrogen) atoms. The largest absolute Gasteiger partial charge is 0.496 e. The van der Waals surface area contributed by atoms with Crippen molar-refractivity contribution < 1.29 is 4.74 Å². The number of rotatable bonds is 11. The van der Waals surface area contributed by atoms with Crippen LogP contribution in [0.5, 0.6) is 5.75 Å². The van der Waals surface area contributed by atoms with Crippen LogP contribution in [-0.2, 0) is 0 Å². The molecule has 3 nitrogen and oxygen atoms in total. The molecule has 0 saturated heterocycles. The van der Waals surface area contributed by atoms with Gasteiger partial charge >= 0.3 is 0 Å². The fourth-order valence-electron chi connectivity index (χ4n) is 3.64. The van der Waals surface area contributed by atoms with Gasteiger partial charge in [-0.25, -0.2) is 4.98 Å². The van der Waals surface area contributed by atoms with E-state index in [2.05, 4.69) is 62.4 Å². The van der Waals surface area contributed by atoms with Crippen LogP contribution in [0.4, 0.5) is 5.13 Å². The summed E-state index contributed by atoms with van der Waals surface area (Å²) in [6.45, 7) is 16.4. The first-order valence-corrected chi connectivity index (χ1v) is 13.9. The Balaban J connectivity index is 0.000000278. The van der Waals surface area contributed by atoms with E-state index in [0.717, 1.165) is 49.6 Å². The lowest BCUT2D eigenvalue weighted by molar-refractivity contribution is 0.352. The zero-order valence-corrected chi connectivity index (χ0v) is 22.4.